The fraction of sp³-hybridized carbons (Fsp3) is 0.692. The number of anilines is 1. The molecular formula is C13H21N3O. The van der Waals surface area contributed by atoms with Crippen LogP contribution in [-0.2, 0) is 6.54 Å². The summed E-state index contributed by atoms with van der Waals surface area (Å²) >= 11 is 0. The molecule has 0 radical (unpaired) electrons. The van der Waals surface area contributed by atoms with Crippen LogP contribution in [0.25, 0.3) is 0 Å². The molecule has 0 atom stereocenters. The molecule has 1 aromatic rings. The second kappa shape index (κ2) is 5.34. The Morgan fingerprint density at radius 1 is 1.47 bits per heavy atom. The Bertz CT molecular complexity index is 419. The van der Waals surface area contributed by atoms with Gasteiger partial charge < -0.3 is 9.88 Å². The van der Waals surface area contributed by atoms with Crippen molar-refractivity contribution in [1.82, 2.24) is 9.55 Å². The Morgan fingerprint density at radius 2 is 2.18 bits per heavy atom. The minimum absolute atomic E-state index is 0.00750. The average Bonchev–Trinajstić information content (AvgIpc) is 2.76. The third-order valence-electron chi connectivity index (χ3n) is 3.17. The van der Waals surface area contributed by atoms with Gasteiger partial charge in [-0.2, -0.15) is 0 Å². The molecule has 1 aliphatic rings. The van der Waals surface area contributed by atoms with E-state index < -0.39 is 0 Å². The van der Waals surface area contributed by atoms with Crippen LogP contribution in [0.4, 0.5) is 5.82 Å². The van der Waals surface area contributed by atoms with Crippen molar-refractivity contribution < 1.29 is 0 Å². The van der Waals surface area contributed by atoms with Crippen molar-refractivity contribution in [3.05, 3.63) is 22.7 Å². The van der Waals surface area contributed by atoms with Gasteiger partial charge in [-0.1, -0.05) is 26.7 Å². The van der Waals surface area contributed by atoms with Gasteiger partial charge in [-0.25, -0.2) is 4.98 Å². The quantitative estimate of drug-likeness (QED) is 0.870. The lowest BCUT2D eigenvalue weighted by Gasteiger charge is -2.14. The van der Waals surface area contributed by atoms with Crippen molar-refractivity contribution in [1.29, 1.82) is 0 Å². The van der Waals surface area contributed by atoms with Gasteiger partial charge in [0.05, 0.1) is 0 Å². The Hall–Kier alpha value is -1.32. The van der Waals surface area contributed by atoms with Crippen molar-refractivity contribution in [3.8, 4) is 0 Å². The highest BCUT2D eigenvalue weighted by molar-refractivity contribution is 5.32. The first kappa shape index (κ1) is 12.1. The molecular weight excluding hydrogens is 214 g/mol. The average molecular weight is 235 g/mol. The third-order valence-corrected chi connectivity index (χ3v) is 3.17. The molecule has 4 nitrogen and oxygen atoms in total. The van der Waals surface area contributed by atoms with Crippen LogP contribution in [0, 0.1) is 5.92 Å². The topological polar surface area (TPSA) is 46.9 Å². The summed E-state index contributed by atoms with van der Waals surface area (Å²) in [5.74, 6) is 0.981. The van der Waals surface area contributed by atoms with Crippen molar-refractivity contribution in [3.63, 3.8) is 0 Å². The largest absolute Gasteiger partial charge is 0.363 e. The molecule has 17 heavy (non-hydrogen) atoms. The van der Waals surface area contributed by atoms with E-state index in [-0.39, 0.29) is 5.56 Å². The number of nitrogens with zero attached hydrogens (tertiary/aromatic N) is 2. The molecule has 0 amide bonds. The van der Waals surface area contributed by atoms with E-state index in [1.165, 1.54) is 12.8 Å². The zero-order chi connectivity index (χ0) is 12.3. The first-order valence-electron chi connectivity index (χ1n) is 6.49. The zero-order valence-electron chi connectivity index (χ0n) is 10.6. The summed E-state index contributed by atoms with van der Waals surface area (Å²) in [4.78, 5) is 16.3. The molecule has 0 spiro atoms. The van der Waals surface area contributed by atoms with E-state index in [1.807, 2.05) is 0 Å². The van der Waals surface area contributed by atoms with Crippen molar-refractivity contribution >= 4 is 5.82 Å². The second-order valence-corrected chi connectivity index (χ2v) is 5.25. The molecule has 0 saturated heterocycles. The molecule has 0 unspecified atom stereocenters. The van der Waals surface area contributed by atoms with E-state index in [1.54, 1.807) is 17.0 Å². The molecule has 0 aliphatic heterocycles. The Morgan fingerprint density at radius 3 is 2.82 bits per heavy atom. The van der Waals surface area contributed by atoms with Gasteiger partial charge in [-0.05, 0) is 18.8 Å². The Labute approximate surface area is 102 Å². The van der Waals surface area contributed by atoms with Gasteiger partial charge in [0.25, 0.3) is 5.56 Å². The predicted octanol–water partition coefficient (Wildman–Crippen LogP) is 2.25. The number of nitrogens with one attached hydrogen (secondary N) is 1. The van der Waals surface area contributed by atoms with Crippen LogP contribution in [0.2, 0.25) is 0 Å². The van der Waals surface area contributed by atoms with Crippen molar-refractivity contribution in [2.45, 2.75) is 52.1 Å². The standard InChI is InChI=1S/C13H21N3O/c1-10(2)9-16-8-7-14-12(13(16)17)15-11-5-3-4-6-11/h7-8,10-11H,3-6,9H2,1-2H3,(H,14,15). The normalized spacial score (nSPS) is 16.6. The second-order valence-electron chi connectivity index (χ2n) is 5.25. The SMILES string of the molecule is CC(C)Cn1ccnc(NC2CCCC2)c1=O. The van der Waals surface area contributed by atoms with E-state index in [9.17, 15) is 4.79 Å². The predicted molar refractivity (Wildman–Crippen MR) is 69.2 cm³/mol. The van der Waals surface area contributed by atoms with E-state index in [0.717, 1.165) is 19.4 Å². The lowest BCUT2D eigenvalue weighted by molar-refractivity contribution is 0.509. The highest BCUT2D eigenvalue weighted by Gasteiger charge is 2.16. The lowest BCUT2D eigenvalue weighted by atomic mass is 10.2. The van der Waals surface area contributed by atoms with Crippen molar-refractivity contribution in [2.75, 3.05) is 5.32 Å². The summed E-state index contributed by atoms with van der Waals surface area (Å²) in [6, 6.07) is 0.435. The highest BCUT2D eigenvalue weighted by Crippen LogP contribution is 2.20. The van der Waals surface area contributed by atoms with Crippen LogP contribution < -0.4 is 10.9 Å². The summed E-state index contributed by atoms with van der Waals surface area (Å²) in [5, 5.41) is 3.28. The van der Waals surface area contributed by atoms with Gasteiger partial charge in [0, 0.05) is 25.0 Å². The van der Waals surface area contributed by atoms with Gasteiger partial charge in [-0.3, -0.25) is 4.79 Å². The van der Waals surface area contributed by atoms with Crippen molar-refractivity contribution in [2.24, 2.45) is 5.92 Å². The van der Waals surface area contributed by atoms with E-state index >= 15 is 0 Å². The van der Waals surface area contributed by atoms with Gasteiger partial charge in [0.2, 0.25) is 0 Å². The molecule has 1 N–H and O–H groups in total. The monoisotopic (exact) mass is 235 g/mol. The molecule has 1 aromatic heterocycles. The molecule has 1 saturated carbocycles. The fourth-order valence-corrected chi connectivity index (χ4v) is 2.35. The van der Waals surface area contributed by atoms with E-state index in [4.69, 9.17) is 0 Å². The number of hydrogen-bond acceptors (Lipinski definition) is 3. The molecule has 1 heterocycles. The number of hydrogen-bond donors (Lipinski definition) is 1. The van der Waals surface area contributed by atoms with Crippen LogP contribution in [0.15, 0.2) is 17.2 Å². The highest BCUT2D eigenvalue weighted by atomic mass is 16.1. The maximum absolute atomic E-state index is 12.1. The summed E-state index contributed by atoms with van der Waals surface area (Å²) in [7, 11) is 0. The summed E-state index contributed by atoms with van der Waals surface area (Å²) < 4.78 is 1.74. The molecule has 1 aliphatic carbocycles. The molecule has 1 fully saturated rings. The summed E-state index contributed by atoms with van der Waals surface area (Å²) in [6.45, 7) is 4.97. The Kier molecular flexibility index (Phi) is 3.82. The van der Waals surface area contributed by atoms with Crippen LogP contribution >= 0.6 is 0 Å². The maximum atomic E-state index is 12.1. The molecule has 94 valence electrons. The van der Waals surface area contributed by atoms with Gasteiger partial charge in [0.1, 0.15) is 0 Å². The van der Waals surface area contributed by atoms with Crippen LogP contribution in [-0.4, -0.2) is 15.6 Å². The fourth-order valence-electron chi connectivity index (χ4n) is 2.35. The van der Waals surface area contributed by atoms with Gasteiger partial charge >= 0.3 is 0 Å². The molecule has 2 rings (SSSR count). The smallest absolute Gasteiger partial charge is 0.293 e. The molecule has 0 bridgehead atoms. The minimum Gasteiger partial charge on any atom is -0.363 e. The first-order valence-corrected chi connectivity index (χ1v) is 6.49. The zero-order valence-corrected chi connectivity index (χ0v) is 10.6. The number of aromatic nitrogens is 2. The molecule has 4 heteroatoms. The summed E-state index contributed by atoms with van der Waals surface area (Å²) in [5.41, 5.74) is 0.00750. The van der Waals surface area contributed by atoms with Gasteiger partial charge in [-0.15, -0.1) is 0 Å². The lowest BCUT2D eigenvalue weighted by Crippen LogP contribution is -2.28. The van der Waals surface area contributed by atoms with Crippen LogP contribution in [0.3, 0.4) is 0 Å². The maximum Gasteiger partial charge on any atom is 0.293 e. The first-order chi connectivity index (χ1) is 8.16. The van der Waals surface area contributed by atoms with E-state index in [0.29, 0.717) is 17.8 Å². The minimum atomic E-state index is 0.00750. The summed E-state index contributed by atoms with van der Waals surface area (Å²) in [6.07, 6.45) is 8.29. The van der Waals surface area contributed by atoms with Gasteiger partial charge in [0.15, 0.2) is 5.82 Å². The molecule has 0 aromatic carbocycles. The van der Waals surface area contributed by atoms with E-state index in [2.05, 4.69) is 24.1 Å². The number of rotatable bonds is 4. The Balaban J connectivity index is 2.13. The third kappa shape index (κ3) is 3.08. The van der Waals surface area contributed by atoms with Crippen LogP contribution in [0.5, 0.6) is 0 Å². The van der Waals surface area contributed by atoms with Crippen LogP contribution in [0.1, 0.15) is 39.5 Å².